The van der Waals surface area contributed by atoms with Gasteiger partial charge in [0.25, 0.3) is 0 Å². The fourth-order valence-corrected chi connectivity index (χ4v) is 2.36. The van der Waals surface area contributed by atoms with Crippen LogP contribution in [-0.2, 0) is 6.54 Å². The Labute approximate surface area is 130 Å². The average molecular weight is 292 g/mol. The van der Waals surface area contributed by atoms with Crippen molar-refractivity contribution < 1.29 is 0 Å². The highest BCUT2D eigenvalue weighted by molar-refractivity contribution is 5.49. The van der Waals surface area contributed by atoms with Gasteiger partial charge in [-0.1, -0.05) is 34.1 Å². The summed E-state index contributed by atoms with van der Waals surface area (Å²) in [5.41, 5.74) is 2.27. The topological polar surface area (TPSA) is 41.1 Å². The zero-order valence-electron chi connectivity index (χ0n) is 14.6. The standard InChI is InChI=1S/C17H32N4/c1-7-9-14(5)21(6)16-12-19-17(13(3)4)20-15(16)11-18-10-8-2/h12-14,18H,7-11H2,1-6H3. The lowest BCUT2D eigenvalue weighted by Crippen LogP contribution is -2.31. The van der Waals surface area contributed by atoms with Crippen molar-refractivity contribution in [2.75, 3.05) is 18.5 Å². The third kappa shape index (κ3) is 5.27. The van der Waals surface area contributed by atoms with Gasteiger partial charge in [0, 0.05) is 25.6 Å². The van der Waals surface area contributed by atoms with E-state index in [-0.39, 0.29) is 0 Å². The first kappa shape index (κ1) is 17.9. The fourth-order valence-electron chi connectivity index (χ4n) is 2.36. The average Bonchev–Trinajstić information content (AvgIpc) is 2.46. The Bertz CT molecular complexity index is 417. The Morgan fingerprint density at radius 2 is 1.90 bits per heavy atom. The highest BCUT2D eigenvalue weighted by atomic mass is 15.2. The van der Waals surface area contributed by atoms with Crippen molar-refractivity contribution in [3.05, 3.63) is 17.7 Å². The number of nitrogens with one attached hydrogen (secondary N) is 1. The number of nitrogens with zero attached hydrogens (tertiary/aromatic N) is 3. The van der Waals surface area contributed by atoms with Crippen LogP contribution in [0.3, 0.4) is 0 Å². The van der Waals surface area contributed by atoms with Gasteiger partial charge in [0.1, 0.15) is 5.82 Å². The number of hydrogen-bond donors (Lipinski definition) is 1. The molecule has 1 aromatic heterocycles. The van der Waals surface area contributed by atoms with Gasteiger partial charge in [-0.05, 0) is 26.3 Å². The molecule has 21 heavy (non-hydrogen) atoms. The molecule has 1 heterocycles. The van der Waals surface area contributed by atoms with E-state index in [1.807, 2.05) is 6.20 Å². The molecule has 0 bridgehead atoms. The molecule has 0 aliphatic carbocycles. The predicted octanol–water partition coefficient (Wildman–Crippen LogP) is 3.72. The Balaban J connectivity index is 2.99. The maximum absolute atomic E-state index is 4.79. The highest BCUT2D eigenvalue weighted by Gasteiger charge is 2.16. The molecule has 0 saturated heterocycles. The molecule has 4 heteroatoms. The van der Waals surface area contributed by atoms with Crippen molar-refractivity contribution >= 4 is 5.69 Å². The summed E-state index contributed by atoms with van der Waals surface area (Å²) in [4.78, 5) is 11.7. The molecule has 0 spiro atoms. The van der Waals surface area contributed by atoms with Gasteiger partial charge in [0.05, 0.1) is 17.6 Å². The number of aromatic nitrogens is 2. The van der Waals surface area contributed by atoms with E-state index in [0.717, 1.165) is 36.7 Å². The monoisotopic (exact) mass is 292 g/mol. The summed E-state index contributed by atoms with van der Waals surface area (Å²) >= 11 is 0. The summed E-state index contributed by atoms with van der Waals surface area (Å²) in [5.74, 6) is 1.30. The molecule has 0 aliphatic rings. The number of anilines is 1. The minimum absolute atomic E-state index is 0.363. The largest absolute Gasteiger partial charge is 0.369 e. The molecule has 4 nitrogen and oxygen atoms in total. The minimum Gasteiger partial charge on any atom is -0.369 e. The molecule has 0 amide bonds. The zero-order chi connectivity index (χ0) is 15.8. The fraction of sp³-hybridized carbons (Fsp3) is 0.765. The summed E-state index contributed by atoms with van der Waals surface area (Å²) < 4.78 is 0. The van der Waals surface area contributed by atoms with Crippen molar-refractivity contribution in [1.82, 2.24) is 15.3 Å². The molecule has 1 rings (SSSR count). The maximum atomic E-state index is 4.79. The summed E-state index contributed by atoms with van der Waals surface area (Å²) in [5, 5.41) is 3.47. The lowest BCUT2D eigenvalue weighted by Gasteiger charge is -2.28. The quantitative estimate of drug-likeness (QED) is 0.704. The Kier molecular flexibility index (Phi) is 7.65. The van der Waals surface area contributed by atoms with Crippen LogP contribution in [-0.4, -0.2) is 29.6 Å². The number of hydrogen-bond acceptors (Lipinski definition) is 4. The summed E-state index contributed by atoms with van der Waals surface area (Å²) in [6.07, 6.45) is 5.51. The third-order valence-corrected chi connectivity index (χ3v) is 3.85. The zero-order valence-corrected chi connectivity index (χ0v) is 14.6. The first-order chi connectivity index (χ1) is 10.0. The van der Waals surface area contributed by atoms with Gasteiger partial charge in [-0.2, -0.15) is 0 Å². The SMILES string of the molecule is CCCNCc1nc(C(C)C)ncc1N(C)C(C)CCC. The highest BCUT2D eigenvalue weighted by Crippen LogP contribution is 2.22. The van der Waals surface area contributed by atoms with Gasteiger partial charge >= 0.3 is 0 Å². The summed E-state index contributed by atoms with van der Waals surface area (Å²) in [7, 11) is 2.15. The van der Waals surface area contributed by atoms with Crippen LogP contribution in [0.1, 0.15) is 71.3 Å². The van der Waals surface area contributed by atoms with E-state index >= 15 is 0 Å². The van der Waals surface area contributed by atoms with Gasteiger partial charge in [-0.3, -0.25) is 0 Å². The summed E-state index contributed by atoms with van der Waals surface area (Å²) in [6, 6.07) is 0.508. The van der Waals surface area contributed by atoms with Gasteiger partial charge < -0.3 is 10.2 Å². The van der Waals surface area contributed by atoms with Crippen LogP contribution in [0.4, 0.5) is 5.69 Å². The molecule has 1 unspecified atom stereocenters. The predicted molar refractivity (Wildman–Crippen MR) is 90.9 cm³/mol. The molecule has 1 atom stereocenters. The van der Waals surface area contributed by atoms with E-state index < -0.39 is 0 Å². The van der Waals surface area contributed by atoms with E-state index in [0.29, 0.717) is 12.0 Å². The van der Waals surface area contributed by atoms with Gasteiger partial charge in [0.2, 0.25) is 0 Å². The smallest absolute Gasteiger partial charge is 0.131 e. The van der Waals surface area contributed by atoms with E-state index in [2.05, 4.69) is 56.9 Å². The minimum atomic E-state index is 0.363. The molecule has 0 fully saturated rings. The number of rotatable bonds is 9. The second-order valence-corrected chi connectivity index (χ2v) is 6.14. The van der Waals surface area contributed by atoms with Crippen LogP contribution in [0.5, 0.6) is 0 Å². The van der Waals surface area contributed by atoms with Crippen molar-refractivity contribution in [3.63, 3.8) is 0 Å². The molecule has 0 radical (unpaired) electrons. The molecular formula is C17H32N4. The molecule has 120 valence electrons. The van der Waals surface area contributed by atoms with Crippen LogP contribution in [0.15, 0.2) is 6.20 Å². The molecule has 1 aromatic rings. The van der Waals surface area contributed by atoms with Crippen LogP contribution in [0.2, 0.25) is 0 Å². The molecular weight excluding hydrogens is 260 g/mol. The Morgan fingerprint density at radius 3 is 2.48 bits per heavy atom. The van der Waals surface area contributed by atoms with E-state index in [1.165, 1.54) is 12.8 Å². The Morgan fingerprint density at radius 1 is 1.19 bits per heavy atom. The van der Waals surface area contributed by atoms with Crippen LogP contribution >= 0.6 is 0 Å². The Hall–Kier alpha value is -1.16. The molecule has 0 saturated carbocycles. The normalized spacial score (nSPS) is 12.7. The lowest BCUT2D eigenvalue weighted by molar-refractivity contribution is 0.602. The van der Waals surface area contributed by atoms with Crippen LogP contribution in [0, 0.1) is 0 Å². The van der Waals surface area contributed by atoms with Gasteiger partial charge in [-0.15, -0.1) is 0 Å². The molecule has 1 N–H and O–H groups in total. The molecule has 0 aliphatic heterocycles. The first-order valence-corrected chi connectivity index (χ1v) is 8.30. The second kappa shape index (κ2) is 8.98. The molecule has 0 aromatic carbocycles. The second-order valence-electron chi connectivity index (χ2n) is 6.14. The van der Waals surface area contributed by atoms with Crippen molar-refractivity contribution in [2.45, 2.75) is 72.4 Å². The van der Waals surface area contributed by atoms with Crippen molar-refractivity contribution in [2.24, 2.45) is 0 Å². The van der Waals surface area contributed by atoms with Crippen molar-refractivity contribution in [3.8, 4) is 0 Å². The first-order valence-electron chi connectivity index (χ1n) is 8.30. The third-order valence-electron chi connectivity index (χ3n) is 3.85. The summed E-state index contributed by atoms with van der Waals surface area (Å²) in [6.45, 7) is 12.8. The van der Waals surface area contributed by atoms with E-state index in [1.54, 1.807) is 0 Å². The van der Waals surface area contributed by atoms with Crippen molar-refractivity contribution in [1.29, 1.82) is 0 Å². The van der Waals surface area contributed by atoms with Crippen LogP contribution < -0.4 is 10.2 Å². The van der Waals surface area contributed by atoms with Gasteiger partial charge in [0.15, 0.2) is 0 Å². The lowest BCUT2D eigenvalue weighted by atomic mass is 10.1. The van der Waals surface area contributed by atoms with Crippen LogP contribution in [0.25, 0.3) is 0 Å². The van der Waals surface area contributed by atoms with E-state index in [4.69, 9.17) is 4.98 Å². The van der Waals surface area contributed by atoms with Gasteiger partial charge in [-0.25, -0.2) is 9.97 Å². The maximum Gasteiger partial charge on any atom is 0.131 e. The van der Waals surface area contributed by atoms with E-state index in [9.17, 15) is 0 Å².